The summed E-state index contributed by atoms with van der Waals surface area (Å²) in [6.45, 7) is 0. The number of H-pyrrole nitrogens is 1. The number of carbonyl (C=O) groups is 1. The van der Waals surface area contributed by atoms with Gasteiger partial charge in [0.2, 0.25) is 0 Å². The zero-order valence-electron chi connectivity index (χ0n) is 11.9. The maximum atomic E-state index is 12.2. The first kappa shape index (κ1) is 13.8. The molecule has 0 radical (unpaired) electrons. The number of nitrogens with one attached hydrogen (secondary N) is 2. The summed E-state index contributed by atoms with van der Waals surface area (Å²) < 4.78 is 1.41. The number of carbonyl (C=O) groups excluding carboxylic acids is 1. The highest BCUT2D eigenvalue weighted by Gasteiger charge is 2.08. The van der Waals surface area contributed by atoms with Crippen molar-refractivity contribution in [2.24, 2.45) is 7.05 Å². The van der Waals surface area contributed by atoms with E-state index in [1.165, 1.54) is 10.6 Å². The van der Waals surface area contributed by atoms with Crippen LogP contribution in [0, 0.1) is 0 Å². The zero-order valence-corrected chi connectivity index (χ0v) is 11.9. The molecule has 110 valence electrons. The second kappa shape index (κ2) is 5.69. The smallest absolute Gasteiger partial charge is 0.255 e. The fourth-order valence-electron chi connectivity index (χ4n) is 2.08. The topological polar surface area (TPSA) is 79.8 Å². The van der Waals surface area contributed by atoms with Crippen LogP contribution >= 0.6 is 0 Å². The van der Waals surface area contributed by atoms with Gasteiger partial charge in [0.05, 0.1) is 6.20 Å². The number of nitrogens with zero attached hydrogens (tertiary/aromatic N) is 2. The van der Waals surface area contributed by atoms with E-state index >= 15 is 0 Å². The zero-order chi connectivity index (χ0) is 15.5. The minimum atomic E-state index is -0.318. The number of aryl methyl sites for hydroxylation is 1. The lowest BCUT2D eigenvalue weighted by Crippen LogP contribution is -2.19. The molecule has 2 N–H and O–H groups in total. The van der Waals surface area contributed by atoms with Gasteiger partial charge in [-0.1, -0.05) is 12.1 Å². The molecule has 1 aromatic carbocycles. The molecule has 1 amide bonds. The third kappa shape index (κ3) is 2.80. The van der Waals surface area contributed by atoms with Gasteiger partial charge in [-0.15, -0.1) is 0 Å². The predicted octanol–water partition coefficient (Wildman–Crippen LogP) is 2.03. The first-order chi connectivity index (χ1) is 10.6. The molecule has 0 aliphatic carbocycles. The Morgan fingerprint density at radius 2 is 2.09 bits per heavy atom. The molecule has 0 fully saturated rings. The molecule has 0 saturated carbocycles. The van der Waals surface area contributed by atoms with E-state index in [1.807, 2.05) is 18.2 Å². The van der Waals surface area contributed by atoms with Crippen molar-refractivity contribution < 1.29 is 4.79 Å². The van der Waals surface area contributed by atoms with Gasteiger partial charge in [0.1, 0.15) is 0 Å². The molecule has 6 nitrogen and oxygen atoms in total. The van der Waals surface area contributed by atoms with Crippen LogP contribution in [0.5, 0.6) is 0 Å². The van der Waals surface area contributed by atoms with Crippen LogP contribution in [0.25, 0.3) is 11.1 Å². The number of hydrogen-bond acceptors (Lipinski definition) is 3. The summed E-state index contributed by atoms with van der Waals surface area (Å²) in [5, 5.41) is 9.45. The third-order valence-electron chi connectivity index (χ3n) is 3.32. The Balaban J connectivity index is 1.83. The average molecular weight is 294 g/mol. The van der Waals surface area contributed by atoms with Gasteiger partial charge in [-0.2, -0.15) is 5.10 Å². The fourth-order valence-corrected chi connectivity index (χ4v) is 2.08. The lowest BCUT2D eigenvalue weighted by atomic mass is 10.1. The monoisotopic (exact) mass is 294 g/mol. The second-order valence-electron chi connectivity index (χ2n) is 4.89. The molecule has 6 heteroatoms. The van der Waals surface area contributed by atoms with Crippen molar-refractivity contribution >= 4 is 11.6 Å². The summed E-state index contributed by atoms with van der Waals surface area (Å²) in [5.74, 6) is -0.318. The molecule has 2 aromatic heterocycles. The third-order valence-corrected chi connectivity index (χ3v) is 3.32. The van der Waals surface area contributed by atoms with E-state index in [2.05, 4.69) is 15.5 Å². The van der Waals surface area contributed by atoms with Gasteiger partial charge in [-0.25, -0.2) is 0 Å². The maximum absolute atomic E-state index is 12.2. The van der Waals surface area contributed by atoms with Crippen molar-refractivity contribution in [2.75, 3.05) is 5.32 Å². The molecule has 2 heterocycles. The number of pyridine rings is 1. The van der Waals surface area contributed by atoms with Crippen LogP contribution in [0.3, 0.4) is 0 Å². The van der Waals surface area contributed by atoms with Crippen molar-refractivity contribution in [1.29, 1.82) is 0 Å². The summed E-state index contributed by atoms with van der Waals surface area (Å²) >= 11 is 0. The van der Waals surface area contributed by atoms with Crippen molar-refractivity contribution in [3.05, 3.63) is 70.9 Å². The van der Waals surface area contributed by atoms with Gasteiger partial charge in [0.25, 0.3) is 11.5 Å². The predicted molar refractivity (Wildman–Crippen MR) is 83.7 cm³/mol. The summed E-state index contributed by atoms with van der Waals surface area (Å²) in [4.78, 5) is 23.8. The summed E-state index contributed by atoms with van der Waals surface area (Å²) in [6, 6.07) is 10.3. The Labute approximate surface area is 126 Å². The normalized spacial score (nSPS) is 10.4. The molecule has 3 aromatic rings. The Hall–Kier alpha value is -3.15. The minimum Gasteiger partial charge on any atom is -0.322 e. The van der Waals surface area contributed by atoms with Crippen LogP contribution < -0.4 is 10.9 Å². The highest BCUT2D eigenvalue weighted by molar-refractivity contribution is 6.04. The molecule has 3 rings (SSSR count). The Morgan fingerprint density at radius 3 is 2.82 bits per heavy atom. The number of aromatic amines is 1. The molecular weight excluding hydrogens is 280 g/mol. The Morgan fingerprint density at radius 1 is 1.23 bits per heavy atom. The van der Waals surface area contributed by atoms with Crippen LogP contribution in [0.1, 0.15) is 10.4 Å². The van der Waals surface area contributed by atoms with Crippen molar-refractivity contribution in [2.45, 2.75) is 0 Å². The highest BCUT2D eigenvalue weighted by Crippen LogP contribution is 2.21. The van der Waals surface area contributed by atoms with E-state index in [4.69, 9.17) is 0 Å². The second-order valence-corrected chi connectivity index (χ2v) is 4.89. The van der Waals surface area contributed by atoms with Crippen molar-refractivity contribution in [3.63, 3.8) is 0 Å². The number of hydrogen-bond donors (Lipinski definition) is 2. The maximum Gasteiger partial charge on any atom is 0.255 e. The van der Waals surface area contributed by atoms with E-state index in [9.17, 15) is 9.59 Å². The Bertz CT molecular complexity index is 866. The molecule has 0 unspecified atom stereocenters. The molecular formula is C16H14N4O2. The van der Waals surface area contributed by atoms with E-state index in [0.717, 1.165) is 11.1 Å². The summed E-state index contributed by atoms with van der Waals surface area (Å²) in [5.41, 5.74) is 2.64. The fraction of sp³-hybridized carbons (Fsp3) is 0.0625. The van der Waals surface area contributed by atoms with Crippen molar-refractivity contribution in [3.8, 4) is 11.1 Å². The quantitative estimate of drug-likeness (QED) is 0.775. The minimum absolute atomic E-state index is 0.222. The van der Waals surface area contributed by atoms with Gasteiger partial charge in [0.15, 0.2) is 0 Å². The lowest BCUT2D eigenvalue weighted by Gasteiger charge is -2.07. The van der Waals surface area contributed by atoms with Crippen LogP contribution in [-0.2, 0) is 7.05 Å². The number of benzene rings is 1. The van der Waals surface area contributed by atoms with Gasteiger partial charge in [0, 0.05) is 42.3 Å². The van der Waals surface area contributed by atoms with Gasteiger partial charge < -0.3 is 9.88 Å². The Kier molecular flexibility index (Phi) is 3.57. The SMILES string of the molecule is Cn1ccc(C(=O)Nc2cccc(-c3cn[nH]c3)c2)cc1=O. The molecule has 0 spiro atoms. The number of anilines is 1. The van der Waals surface area contributed by atoms with E-state index in [0.29, 0.717) is 11.3 Å². The standard InChI is InChI=1S/C16H14N4O2/c1-20-6-5-12(8-15(20)21)16(22)19-14-4-2-3-11(7-14)13-9-17-18-10-13/h2-10H,1H3,(H,17,18)(H,19,22). The number of amides is 1. The number of rotatable bonds is 3. The van der Waals surface area contributed by atoms with Crippen molar-refractivity contribution in [1.82, 2.24) is 14.8 Å². The molecule has 0 atom stereocenters. The first-order valence-corrected chi connectivity index (χ1v) is 6.71. The molecule has 0 aliphatic rings. The average Bonchev–Trinajstić information content (AvgIpc) is 3.04. The summed E-state index contributed by atoms with van der Waals surface area (Å²) in [7, 11) is 1.64. The largest absolute Gasteiger partial charge is 0.322 e. The van der Waals surface area contributed by atoms with E-state index in [1.54, 1.807) is 37.8 Å². The van der Waals surface area contributed by atoms with Gasteiger partial charge in [-0.05, 0) is 23.8 Å². The first-order valence-electron chi connectivity index (χ1n) is 6.71. The molecule has 0 saturated heterocycles. The van der Waals surface area contributed by atoms with E-state index in [-0.39, 0.29) is 11.5 Å². The summed E-state index contributed by atoms with van der Waals surface area (Å²) in [6.07, 6.45) is 5.06. The van der Waals surface area contributed by atoms with Crippen LogP contribution in [0.4, 0.5) is 5.69 Å². The molecule has 0 bridgehead atoms. The molecule has 0 aliphatic heterocycles. The van der Waals surface area contributed by atoms with Gasteiger partial charge >= 0.3 is 0 Å². The van der Waals surface area contributed by atoms with E-state index < -0.39 is 0 Å². The van der Waals surface area contributed by atoms with Crippen LogP contribution in [0.2, 0.25) is 0 Å². The highest BCUT2D eigenvalue weighted by atomic mass is 16.2. The van der Waals surface area contributed by atoms with Gasteiger partial charge in [-0.3, -0.25) is 14.7 Å². The lowest BCUT2D eigenvalue weighted by molar-refractivity contribution is 0.102. The molecule has 22 heavy (non-hydrogen) atoms. The number of aromatic nitrogens is 3. The van der Waals surface area contributed by atoms with Crippen LogP contribution in [-0.4, -0.2) is 20.7 Å². The van der Waals surface area contributed by atoms with Crippen LogP contribution in [0.15, 0.2) is 59.8 Å².